The first-order valence-electron chi connectivity index (χ1n) is 7.61. The van der Waals surface area contributed by atoms with Gasteiger partial charge in [-0.2, -0.15) is 0 Å². The van der Waals surface area contributed by atoms with Crippen molar-refractivity contribution >= 4 is 70.2 Å². The summed E-state index contributed by atoms with van der Waals surface area (Å²) in [6.45, 7) is 0. The average molecular weight is 527 g/mol. The smallest absolute Gasteiger partial charge is 0.252 e. The van der Waals surface area contributed by atoms with Gasteiger partial charge in [0, 0.05) is 11.3 Å². The zero-order valence-electron chi connectivity index (χ0n) is 13.0. The van der Waals surface area contributed by atoms with Crippen LogP contribution in [-0.2, 0) is 0 Å². The van der Waals surface area contributed by atoms with Gasteiger partial charge in [0.1, 0.15) is 6.17 Å². The van der Waals surface area contributed by atoms with E-state index in [-0.39, 0.29) is 5.91 Å². The highest BCUT2D eigenvalue weighted by Crippen LogP contribution is 2.38. The number of anilines is 1. The summed E-state index contributed by atoms with van der Waals surface area (Å²) in [5.74, 6) is -0.165. The van der Waals surface area contributed by atoms with Gasteiger partial charge in [-0.1, -0.05) is 96.3 Å². The minimum atomic E-state index is -0.705. The summed E-state index contributed by atoms with van der Waals surface area (Å²) in [6.07, 6.45) is -0.443. The van der Waals surface area contributed by atoms with E-state index in [9.17, 15) is 4.79 Å². The summed E-state index contributed by atoms with van der Waals surface area (Å²) in [6, 6.07) is 23.3. The molecule has 25 heavy (non-hydrogen) atoms. The van der Waals surface area contributed by atoms with Crippen LogP contribution in [0.4, 0.5) is 5.69 Å². The lowest BCUT2D eigenvalue weighted by molar-refractivity contribution is 0.0943. The first-order chi connectivity index (χ1) is 11.9. The molecule has 3 nitrogen and oxygen atoms in total. The minimum absolute atomic E-state index is 0.165. The highest BCUT2D eigenvalue weighted by atomic mass is 80.0. The third kappa shape index (κ3) is 4.84. The van der Waals surface area contributed by atoms with Crippen LogP contribution in [0.1, 0.15) is 10.4 Å². The summed E-state index contributed by atoms with van der Waals surface area (Å²) in [5.41, 5.74) is 1.50. The molecule has 2 N–H and O–H groups in total. The predicted octanol–water partition coefficient (Wildman–Crippen LogP) is 5.85. The van der Waals surface area contributed by atoms with Gasteiger partial charge < -0.3 is 10.6 Å². The topological polar surface area (TPSA) is 41.1 Å². The molecule has 0 saturated heterocycles. The Labute approximate surface area is 171 Å². The van der Waals surface area contributed by atoms with Crippen molar-refractivity contribution in [1.82, 2.24) is 5.32 Å². The molecular weight excluding hydrogens is 512 g/mol. The summed E-state index contributed by atoms with van der Waals surface area (Å²) < 4.78 is -0.705. The number of rotatable bonds is 4. The molecule has 3 aromatic carbocycles. The Kier molecular flexibility index (Phi) is 5.81. The van der Waals surface area contributed by atoms with E-state index in [1.807, 2.05) is 42.5 Å². The first kappa shape index (κ1) is 18.4. The van der Waals surface area contributed by atoms with Gasteiger partial charge in [-0.3, -0.25) is 4.79 Å². The van der Waals surface area contributed by atoms with Gasteiger partial charge in [-0.15, -0.1) is 0 Å². The molecule has 0 aliphatic rings. The minimum Gasteiger partial charge on any atom is -0.363 e. The van der Waals surface area contributed by atoms with Crippen LogP contribution in [0.15, 0.2) is 72.8 Å². The monoisotopic (exact) mass is 524 g/mol. The number of carbonyl (C=O) groups excluding carboxylic acids is 1. The Balaban J connectivity index is 1.82. The van der Waals surface area contributed by atoms with Gasteiger partial charge in [0.15, 0.2) is 2.14 Å². The van der Waals surface area contributed by atoms with Crippen LogP contribution in [-0.4, -0.2) is 14.2 Å². The third-order valence-corrected chi connectivity index (χ3v) is 5.07. The third-order valence-electron chi connectivity index (χ3n) is 3.70. The fourth-order valence-corrected chi connectivity index (χ4v) is 3.14. The molecule has 3 rings (SSSR count). The molecule has 128 valence electrons. The molecule has 0 radical (unpaired) electrons. The van der Waals surface area contributed by atoms with E-state index in [2.05, 4.69) is 76.6 Å². The van der Waals surface area contributed by atoms with Crippen molar-refractivity contribution in [2.45, 2.75) is 8.31 Å². The maximum Gasteiger partial charge on any atom is 0.252 e. The van der Waals surface area contributed by atoms with E-state index in [1.54, 1.807) is 12.1 Å². The number of hydrogen-bond acceptors (Lipinski definition) is 2. The van der Waals surface area contributed by atoms with Crippen LogP contribution >= 0.6 is 47.8 Å². The second-order valence-electron chi connectivity index (χ2n) is 5.52. The quantitative estimate of drug-likeness (QED) is 0.331. The fraction of sp³-hybridized carbons (Fsp3) is 0.105. The van der Waals surface area contributed by atoms with Crippen molar-refractivity contribution in [3.63, 3.8) is 0 Å². The molecule has 0 aliphatic heterocycles. The van der Waals surface area contributed by atoms with E-state index in [1.165, 1.54) is 5.39 Å². The fourth-order valence-electron chi connectivity index (χ4n) is 2.45. The van der Waals surface area contributed by atoms with Gasteiger partial charge in [-0.05, 0) is 35.0 Å². The van der Waals surface area contributed by atoms with E-state index >= 15 is 0 Å². The second-order valence-corrected chi connectivity index (χ2v) is 12.5. The lowest BCUT2D eigenvalue weighted by Gasteiger charge is -2.28. The van der Waals surface area contributed by atoms with Crippen molar-refractivity contribution in [2.75, 3.05) is 5.32 Å². The molecule has 0 saturated carbocycles. The van der Waals surface area contributed by atoms with Crippen LogP contribution in [0.5, 0.6) is 0 Å². The molecule has 1 unspecified atom stereocenters. The Morgan fingerprint density at radius 3 is 2.16 bits per heavy atom. The molecule has 6 heteroatoms. The SMILES string of the molecule is O=C(NC(Nc1ccc2ccccc2c1)C(Br)(Br)Br)c1ccccc1. The van der Waals surface area contributed by atoms with Crippen molar-refractivity contribution < 1.29 is 4.79 Å². The zero-order chi connectivity index (χ0) is 17.9. The number of hydrogen-bond donors (Lipinski definition) is 2. The average Bonchev–Trinajstić information content (AvgIpc) is 2.61. The van der Waals surface area contributed by atoms with Crippen molar-refractivity contribution in [3.8, 4) is 0 Å². The number of fused-ring (bicyclic) bond motifs is 1. The maximum atomic E-state index is 12.5. The zero-order valence-corrected chi connectivity index (χ0v) is 17.8. The van der Waals surface area contributed by atoms with E-state index < -0.39 is 8.31 Å². The molecule has 1 amide bonds. The van der Waals surface area contributed by atoms with Gasteiger partial charge in [0.05, 0.1) is 0 Å². The summed E-state index contributed by atoms with van der Waals surface area (Å²) in [4.78, 5) is 12.5. The van der Waals surface area contributed by atoms with Gasteiger partial charge in [-0.25, -0.2) is 0 Å². The molecule has 0 bridgehead atoms. The normalized spacial score (nSPS) is 12.6. The van der Waals surface area contributed by atoms with Crippen molar-refractivity contribution in [2.24, 2.45) is 0 Å². The molecule has 0 heterocycles. The van der Waals surface area contributed by atoms with E-state index in [0.717, 1.165) is 11.1 Å². The maximum absolute atomic E-state index is 12.5. The standard InChI is InChI=1S/C19H15Br3N2O/c20-19(21,22)18(24-17(25)14-7-2-1-3-8-14)23-16-11-10-13-6-4-5-9-15(13)12-16/h1-12,18,23H,(H,24,25). The lowest BCUT2D eigenvalue weighted by Crippen LogP contribution is -2.48. The first-order valence-corrected chi connectivity index (χ1v) is 9.99. The molecule has 0 spiro atoms. The Morgan fingerprint density at radius 1 is 0.840 bits per heavy atom. The number of benzene rings is 3. The number of halogens is 3. The molecule has 3 aromatic rings. The van der Waals surface area contributed by atoms with E-state index in [0.29, 0.717) is 5.56 Å². The number of amides is 1. The number of carbonyl (C=O) groups is 1. The van der Waals surface area contributed by atoms with Crippen LogP contribution in [0.3, 0.4) is 0 Å². The van der Waals surface area contributed by atoms with Crippen LogP contribution in [0.25, 0.3) is 10.8 Å². The summed E-state index contributed by atoms with van der Waals surface area (Å²) >= 11 is 10.5. The Bertz CT molecular complexity index is 878. The van der Waals surface area contributed by atoms with Crippen molar-refractivity contribution in [3.05, 3.63) is 78.4 Å². The van der Waals surface area contributed by atoms with Gasteiger partial charge in [0.25, 0.3) is 5.91 Å². The van der Waals surface area contributed by atoms with Crippen LogP contribution in [0.2, 0.25) is 0 Å². The molecular formula is C19H15Br3N2O. The summed E-state index contributed by atoms with van der Waals surface area (Å²) in [7, 11) is 0. The highest BCUT2D eigenvalue weighted by Gasteiger charge is 2.32. The largest absolute Gasteiger partial charge is 0.363 e. The molecule has 0 aromatic heterocycles. The lowest BCUT2D eigenvalue weighted by atomic mass is 10.1. The Morgan fingerprint density at radius 2 is 1.48 bits per heavy atom. The molecule has 0 fully saturated rings. The van der Waals surface area contributed by atoms with Crippen LogP contribution in [0, 0.1) is 0 Å². The predicted molar refractivity (Wildman–Crippen MR) is 115 cm³/mol. The van der Waals surface area contributed by atoms with Crippen molar-refractivity contribution in [1.29, 1.82) is 0 Å². The van der Waals surface area contributed by atoms with E-state index in [4.69, 9.17) is 0 Å². The summed E-state index contributed by atoms with van der Waals surface area (Å²) in [5, 5.41) is 8.62. The highest BCUT2D eigenvalue weighted by molar-refractivity contribution is 9.39. The second kappa shape index (κ2) is 7.89. The van der Waals surface area contributed by atoms with Gasteiger partial charge >= 0.3 is 0 Å². The molecule has 1 atom stereocenters. The Hall–Kier alpha value is -1.37. The van der Waals surface area contributed by atoms with Gasteiger partial charge in [0.2, 0.25) is 0 Å². The van der Waals surface area contributed by atoms with Crippen LogP contribution < -0.4 is 10.6 Å². The number of nitrogens with one attached hydrogen (secondary N) is 2. The molecule has 0 aliphatic carbocycles. The number of alkyl halides is 3.